The van der Waals surface area contributed by atoms with Crippen molar-refractivity contribution in [2.75, 3.05) is 10.6 Å². The molecule has 0 heterocycles. The van der Waals surface area contributed by atoms with Crippen molar-refractivity contribution in [2.24, 2.45) is 5.92 Å². The van der Waals surface area contributed by atoms with Crippen molar-refractivity contribution in [1.29, 1.82) is 5.26 Å². The largest absolute Gasteiger partial charge is 0.326 e. The van der Waals surface area contributed by atoms with Gasteiger partial charge in [-0.15, -0.1) is 23.2 Å². The van der Waals surface area contributed by atoms with Gasteiger partial charge in [0, 0.05) is 11.6 Å². The van der Waals surface area contributed by atoms with Crippen LogP contribution in [0.1, 0.15) is 27.4 Å². The van der Waals surface area contributed by atoms with Crippen LogP contribution in [-0.2, 0) is 4.79 Å². The summed E-state index contributed by atoms with van der Waals surface area (Å²) in [4.78, 5) is 25.7. The van der Waals surface area contributed by atoms with Crippen LogP contribution < -0.4 is 10.6 Å². The van der Waals surface area contributed by atoms with E-state index in [9.17, 15) is 14.0 Å². The van der Waals surface area contributed by atoms with Crippen molar-refractivity contribution in [3.05, 3.63) is 91.1 Å². The number of carbonyl (C=O) groups is 2. The molecule has 5 nitrogen and oxygen atoms in total. The van der Waals surface area contributed by atoms with Gasteiger partial charge in [-0.1, -0.05) is 46.4 Å². The van der Waals surface area contributed by atoms with E-state index in [2.05, 4.69) is 10.6 Å². The molecular weight excluding hydrogens is 594 g/mol. The number of nitriles is 1. The van der Waals surface area contributed by atoms with Gasteiger partial charge in [0.1, 0.15) is 10.2 Å². The Balaban J connectivity index is 1.52. The molecule has 0 bridgehead atoms. The fourth-order valence-electron chi connectivity index (χ4n) is 3.70. The van der Waals surface area contributed by atoms with Crippen LogP contribution in [0, 0.1) is 23.1 Å². The maximum absolute atomic E-state index is 14.2. The highest BCUT2D eigenvalue weighted by Crippen LogP contribution is 2.65. The Morgan fingerprint density at radius 3 is 2.19 bits per heavy atom. The maximum Gasteiger partial charge on any atom is 0.257 e. The molecule has 1 aliphatic rings. The average Bonchev–Trinajstić information content (AvgIpc) is 3.41. The molecule has 36 heavy (non-hydrogen) atoms. The Morgan fingerprint density at radius 2 is 1.58 bits per heavy atom. The Hall–Kier alpha value is -2.24. The molecule has 4 rings (SSSR count). The molecule has 0 radical (unpaired) electrons. The number of amides is 2. The van der Waals surface area contributed by atoms with Crippen LogP contribution in [0.4, 0.5) is 15.8 Å². The first kappa shape index (κ1) is 26.8. The lowest BCUT2D eigenvalue weighted by Gasteiger charge is -2.11. The summed E-state index contributed by atoms with van der Waals surface area (Å²) in [7, 11) is 0. The van der Waals surface area contributed by atoms with Gasteiger partial charge < -0.3 is 10.6 Å². The summed E-state index contributed by atoms with van der Waals surface area (Å²) in [5.41, 5.74) is 0.714. The molecule has 2 atom stereocenters. The maximum atomic E-state index is 14.2. The highest BCUT2D eigenvalue weighted by atomic mass is 35.5. The minimum absolute atomic E-state index is 0.0233. The Labute approximate surface area is 235 Å². The van der Waals surface area contributed by atoms with Crippen molar-refractivity contribution in [3.8, 4) is 6.07 Å². The highest BCUT2D eigenvalue weighted by Gasteiger charge is 2.67. The molecule has 0 aromatic heterocycles. The number of hydrogen-bond donors (Lipinski definition) is 2. The summed E-state index contributed by atoms with van der Waals surface area (Å²) in [6.07, 6.45) is 0. The zero-order valence-corrected chi connectivity index (χ0v) is 22.2. The number of anilines is 2. The van der Waals surface area contributed by atoms with E-state index in [1.54, 1.807) is 18.2 Å². The van der Waals surface area contributed by atoms with Crippen LogP contribution in [0.3, 0.4) is 0 Å². The van der Waals surface area contributed by atoms with E-state index in [-0.39, 0.29) is 42.6 Å². The standard InChI is InChI=1S/C24H12Cl6FN3O2/c25-14-3-2-12(8-13(14)22(35)34-18-4-1-10(9-32)5-17(18)31)33-23(36)20-19(24(20,29)30)11-6-15(26)21(28)16(27)7-11/h1-8,19-20H,(H,33,36)(H,34,35)/t19-,20+/m0/s1. The monoisotopic (exact) mass is 603 g/mol. The quantitative estimate of drug-likeness (QED) is 0.228. The number of alkyl halides is 2. The van der Waals surface area contributed by atoms with E-state index in [4.69, 9.17) is 74.9 Å². The second-order valence-electron chi connectivity index (χ2n) is 7.87. The second-order valence-corrected chi connectivity index (χ2v) is 10.9. The lowest BCUT2D eigenvalue weighted by molar-refractivity contribution is -0.117. The van der Waals surface area contributed by atoms with Gasteiger partial charge in [0.25, 0.3) is 5.91 Å². The van der Waals surface area contributed by atoms with Crippen molar-refractivity contribution in [3.63, 3.8) is 0 Å². The molecule has 1 saturated carbocycles. The third-order valence-electron chi connectivity index (χ3n) is 5.53. The summed E-state index contributed by atoms with van der Waals surface area (Å²) in [5.74, 6) is -3.49. The average molecular weight is 606 g/mol. The number of nitrogens with one attached hydrogen (secondary N) is 2. The zero-order valence-electron chi connectivity index (χ0n) is 17.7. The fourth-order valence-corrected chi connectivity index (χ4v) is 5.34. The van der Waals surface area contributed by atoms with Gasteiger partial charge in [-0.3, -0.25) is 9.59 Å². The van der Waals surface area contributed by atoms with Gasteiger partial charge in [0.15, 0.2) is 0 Å². The first-order valence-electron chi connectivity index (χ1n) is 10.1. The number of carbonyl (C=O) groups excluding carboxylic acids is 2. The first-order valence-corrected chi connectivity index (χ1v) is 12.3. The summed E-state index contributed by atoms with van der Waals surface area (Å²) in [6.45, 7) is 0. The second kappa shape index (κ2) is 10.3. The molecule has 3 aromatic carbocycles. The Kier molecular flexibility index (Phi) is 7.64. The van der Waals surface area contributed by atoms with E-state index >= 15 is 0 Å². The predicted molar refractivity (Wildman–Crippen MR) is 141 cm³/mol. The SMILES string of the molecule is N#Cc1ccc(NC(=O)c2cc(NC(=O)[C@H]3[C@H](c4cc(Cl)c(Cl)c(Cl)c4)C3(Cl)Cl)ccc2Cl)c(F)c1. The molecule has 0 unspecified atom stereocenters. The topological polar surface area (TPSA) is 82.0 Å². The number of nitrogens with zero attached hydrogens (tertiary/aromatic N) is 1. The minimum atomic E-state index is -1.43. The summed E-state index contributed by atoms with van der Waals surface area (Å²) in [5, 5.41) is 14.5. The summed E-state index contributed by atoms with van der Waals surface area (Å²) >= 11 is 37.1. The summed E-state index contributed by atoms with van der Waals surface area (Å²) in [6, 6.07) is 12.7. The highest BCUT2D eigenvalue weighted by molar-refractivity contribution is 6.54. The first-order chi connectivity index (χ1) is 16.9. The molecule has 12 heteroatoms. The van der Waals surface area contributed by atoms with E-state index in [0.717, 1.165) is 6.07 Å². The van der Waals surface area contributed by atoms with Crippen LogP contribution in [0.15, 0.2) is 48.5 Å². The predicted octanol–water partition coefficient (Wildman–Crippen LogP) is 8.09. The van der Waals surface area contributed by atoms with Crippen LogP contribution >= 0.6 is 69.6 Å². The zero-order chi connectivity index (χ0) is 26.4. The van der Waals surface area contributed by atoms with E-state index in [1.807, 2.05) is 0 Å². The molecule has 1 fully saturated rings. The van der Waals surface area contributed by atoms with E-state index < -0.39 is 33.8 Å². The fraction of sp³-hybridized carbons (Fsp3) is 0.125. The van der Waals surface area contributed by atoms with Gasteiger partial charge in [0.05, 0.1) is 48.9 Å². The van der Waals surface area contributed by atoms with E-state index in [1.165, 1.54) is 30.3 Å². The van der Waals surface area contributed by atoms with Crippen LogP contribution in [0.25, 0.3) is 0 Å². The number of rotatable bonds is 5. The lowest BCUT2D eigenvalue weighted by Crippen LogP contribution is -2.18. The smallest absolute Gasteiger partial charge is 0.257 e. The Bertz CT molecular complexity index is 1430. The number of halogens is 7. The van der Waals surface area contributed by atoms with E-state index in [0.29, 0.717) is 5.56 Å². The molecule has 3 aromatic rings. The molecule has 0 aliphatic heterocycles. The van der Waals surface area contributed by atoms with Gasteiger partial charge in [-0.25, -0.2) is 4.39 Å². The minimum Gasteiger partial charge on any atom is -0.326 e. The Morgan fingerprint density at radius 1 is 0.917 bits per heavy atom. The van der Waals surface area contributed by atoms with Gasteiger partial charge in [-0.2, -0.15) is 5.26 Å². The molecule has 1 aliphatic carbocycles. The molecule has 184 valence electrons. The molecule has 0 saturated heterocycles. The normalized spacial score (nSPS) is 17.7. The number of benzene rings is 3. The molecule has 2 N–H and O–H groups in total. The van der Waals surface area contributed by atoms with Crippen molar-refractivity contribution in [1.82, 2.24) is 0 Å². The molecule has 0 spiro atoms. The summed E-state index contributed by atoms with van der Waals surface area (Å²) < 4.78 is 12.8. The van der Waals surface area contributed by atoms with Gasteiger partial charge in [0.2, 0.25) is 5.91 Å². The van der Waals surface area contributed by atoms with Crippen molar-refractivity contribution in [2.45, 2.75) is 10.3 Å². The van der Waals surface area contributed by atoms with Gasteiger partial charge >= 0.3 is 0 Å². The van der Waals surface area contributed by atoms with Crippen molar-refractivity contribution < 1.29 is 14.0 Å². The van der Waals surface area contributed by atoms with Gasteiger partial charge in [-0.05, 0) is 54.1 Å². The van der Waals surface area contributed by atoms with Crippen LogP contribution in [-0.4, -0.2) is 16.1 Å². The van der Waals surface area contributed by atoms with Crippen LogP contribution in [0.2, 0.25) is 20.1 Å². The third-order valence-corrected chi connectivity index (χ3v) is 7.99. The molecule has 2 amide bonds. The third kappa shape index (κ3) is 5.24. The lowest BCUT2D eigenvalue weighted by atomic mass is 10.1. The van der Waals surface area contributed by atoms with Crippen LogP contribution in [0.5, 0.6) is 0 Å². The molecular formula is C24H12Cl6FN3O2. The van der Waals surface area contributed by atoms with Crippen molar-refractivity contribution >= 4 is 92.8 Å². The number of hydrogen-bond acceptors (Lipinski definition) is 3.